The van der Waals surface area contributed by atoms with Gasteiger partial charge in [-0.2, -0.15) is 0 Å². The molecule has 104 heavy (non-hydrogen) atoms. The molecular formula is C62H109N25O17. The quantitative estimate of drug-likeness (QED) is 0.00950. The highest BCUT2D eigenvalue weighted by molar-refractivity contribution is 5.99. The summed E-state index contributed by atoms with van der Waals surface area (Å²) in [5.74, 6) is -13.9. The lowest BCUT2D eigenvalue weighted by atomic mass is 9.95. The van der Waals surface area contributed by atoms with Crippen LogP contribution in [0.4, 0.5) is 17.1 Å². The number of nitrogens with one attached hydrogen (secondary N) is 12. The van der Waals surface area contributed by atoms with Crippen molar-refractivity contribution in [1.29, 1.82) is 0 Å². The standard InChI is InChI=1S/C62H109N25O17/c1-11-33(8)48(84-57(98)47(32(6)7)82-56(97)45(30(2)3)81-44(90)29-75-43(89)28-63)58(99)76-34(9)51(92)85-49(35(10)88)59(100)83-46(31(4)5)55(96)80-39(17-12-13-23-71-37-22-21-36(86(101)102)27-42(37)87(103)104)53(94)79-41(20-16-26-74-62(69)70)54(95)78-40(19-15-25-73-61(67)68)52(93)77-38(50(64)91)18-14-24-72-60(65)66/h21-22,27,30-35,38-41,45-49,71,88H,11-20,23-26,28-29,63H2,1-10H3,(H2,64,91)(H,75,89)(H,76,99)(H,77,93)(H,78,95)(H,79,94)(H,80,96)(H,81,90)(H,82,97)(H,83,100)(H,84,98)(H,85,92)(H4,65,66,72)(H4,67,68,73)(H4,69,70,74)/t33-,34-,35+,38+,39-,40+,41+,45-,46-,47-,48-,49-/m0/s1. The summed E-state index contributed by atoms with van der Waals surface area (Å²) in [6, 6.07) is -11.5. The lowest BCUT2D eigenvalue weighted by Gasteiger charge is -2.31. The molecule has 0 bridgehead atoms. The van der Waals surface area contributed by atoms with Crippen LogP contribution in [0.5, 0.6) is 0 Å². The van der Waals surface area contributed by atoms with Crippen molar-refractivity contribution >= 4 is 106 Å². The highest BCUT2D eigenvalue weighted by Crippen LogP contribution is 2.29. The third kappa shape index (κ3) is 33.8. The van der Waals surface area contributed by atoms with Gasteiger partial charge < -0.3 is 115 Å². The zero-order chi connectivity index (χ0) is 79.2. The largest absolute Gasteiger partial charge is 0.391 e. The van der Waals surface area contributed by atoms with E-state index in [2.05, 4.69) is 78.8 Å². The molecule has 0 aliphatic rings. The molecule has 42 nitrogen and oxygen atoms in total. The van der Waals surface area contributed by atoms with Crippen LogP contribution in [0.1, 0.15) is 133 Å². The van der Waals surface area contributed by atoms with Crippen molar-refractivity contribution in [3.05, 3.63) is 38.4 Å². The molecule has 0 aromatic heterocycles. The number of anilines is 1. The number of aliphatic hydroxyl groups is 1. The Labute approximate surface area is 602 Å². The molecule has 0 aliphatic heterocycles. The first-order valence-corrected chi connectivity index (χ1v) is 34.0. The number of unbranched alkanes of at least 4 members (excludes halogenated alkanes) is 1. The van der Waals surface area contributed by atoms with Gasteiger partial charge in [0.25, 0.3) is 11.4 Å². The minimum absolute atomic E-state index is 0.0184. The van der Waals surface area contributed by atoms with Gasteiger partial charge in [-0.25, -0.2) is 0 Å². The maximum Gasteiger partial charge on any atom is 0.299 e. The van der Waals surface area contributed by atoms with Gasteiger partial charge >= 0.3 is 0 Å². The summed E-state index contributed by atoms with van der Waals surface area (Å²) in [5, 5.41) is 65.0. The number of benzene rings is 1. The second-order valence-electron chi connectivity index (χ2n) is 25.7. The fourth-order valence-corrected chi connectivity index (χ4v) is 9.88. The van der Waals surface area contributed by atoms with Crippen molar-refractivity contribution in [1.82, 2.24) is 58.5 Å². The fourth-order valence-electron chi connectivity index (χ4n) is 9.88. The number of carbonyl (C=O) groups excluding carboxylic acids is 12. The molecule has 0 heterocycles. The van der Waals surface area contributed by atoms with Gasteiger partial charge in [-0.1, -0.05) is 61.8 Å². The molecule has 584 valence electrons. The Morgan fingerprint density at radius 3 is 1.25 bits per heavy atom. The number of rotatable bonds is 49. The van der Waals surface area contributed by atoms with Gasteiger partial charge in [0, 0.05) is 32.2 Å². The molecule has 0 spiro atoms. The van der Waals surface area contributed by atoms with E-state index in [1.807, 2.05) is 0 Å². The van der Waals surface area contributed by atoms with Crippen molar-refractivity contribution < 1.29 is 72.5 Å². The summed E-state index contributed by atoms with van der Waals surface area (Å²) in [5.41, 5.74) is 42.7. The Bertz CT molecular complexity index is 3190. The first kappa shape index (κ1) is 91.2. The number of primary amides is 1. The number of nitrogens with zero attached hydrogens (tertiary/aromatic N) is 5. The molecular weight excluding hydrogens is 1370 g/mol. The predicted molar refractivity (Wildman–Crippen MR) is 384 cm³/mol. The van der Waals surface area contributed by atoms with Gasteiger partial charge in [-0.15, -0.1) is 0 Å². The lowest BCUT2D eigenvalue weighted by molar-refractivity contribution is -0.393. The Morgan fingerprint density at radius 2 is 0.846 bits per heavy atom. The molecule has 42 heteroatoms. The zero-order valence-corrected chi connectivity index (χ0v) is 60.5. The normalized spacial score (nSPS) is 14.5. The Kier molecular flexibility index (Phi) is 40.9. The van der Waals surface area contributed by atoms with Crippen molar-refractivity contribution in [3.8, 4) is 0 Å². The van der Waals surface area contributed by atoms with E-state index >= 15 is 0 Å². The summed E-state index contributed by atoms with van der Waals surface area (Å²) in [6.45, 7) is 14.4. The molecule has 1 aromatic rings. The summed E-state index contributed by atoms with van der Waals surface area (Å²) in [7, 11) is 0. The van der Waals surface area contributed by atoms with Gasteiger partial charge in [-0.3, -0.25) is 92.7 Å². The number of nitrogens with two attached hydrogens (primary N) is 8. The summed E-state index contributed by atoms with van der Waals surface area (Å²) < 4.78 is 0. The molecule has 29 N–H and O–H groups in total. The summed E-state index contributed by atoms with van der Waals surface area (Å²) in [6.07, 6.45) is -1.56. The minimum Gasteiger partial charge on any atom is -0.391 e. The molecule has 0 fully saturated rings. The van der Waals surface area contributed by atoms with Gasteiger partial charge in [0.05, 0.1) is 35.1 Å². The number of nitro groups is 2. The van der Waals surface area contributed by atoms with Crippen molar-refractivity contribution in [2.24, 2.45) is 84.5 Å². The maximum atomic E-state index is 14.8. The Balaban J connectivity index is 3.73. The SMILES string of the molecule is CC[C@H](C)[C@H](NC(=O)[C@@H](NC(=O)[C@@H](NC(=O)CNC(=O)CN)C(C)C)C(C)C)C(=O)N[C@@H](C)C(=O)N[C@H](C(=O)N[C@H](C(=O)N[C@@H](CCCCNc1ccc([N+](=O)[O-])cc1[N+](=O)[O-])C(=O)N[C@H](CCCN=C(N)N)C(=O)N[C@H](CCCN=C(N)N)C(=O)N[C@H](CCCN=C(N)N)C(N)=O)C(C)C)[C@@H](C)O. The van der Waals surface area contributed by atoms with Crippen LogP contribution >= 0.6 is 0 Å². The van der Waals surface area contributed by atoms with E-state index in [1.165, 1.54) is 20.8 Å². The molecule has 1 rings (SSSR count). The van der Waals surface area contributed by atoms with Crippen LogP contribution in [0.15, 0.2) is 33.2 Å². The van der Waals surface area contributed by atoms with Gasteiger partial charge in [0.2, 0.25) is 70.9 Å². The predicted octanol–water partition coefficient (Wildman–Crippen LogP) is -5.93. The van der Waals surface area contributed by atoms with Crippen LogP contribution in [-0.2, 0) is 57.5 Å². The third-order valence-corrected chi connectivity index (χ3v) is 16.0. The molecule has 0 aliphatic carbocycles. The molecule has 0 unspecified atom stereocenters. The number of carbonyl (C=O) groups is 12. The zero-order valence-electron chi connectivity index (χ0n) is 60.5. The number of non-ortho nitro benzene ring substituents is 1. The van der Waals surface area contributed by atoms with Crippen LogP contribution in [0.2, 0.25) is 0 Å². The van der Waals surface area contributed by atoms with E-state index in [1.54, 1.807) is 41.5 Å². The average Bonchev–Trinajstić information content (AvgIpc) is 0.852. The second kappa shape index (κ2) is 46.7. The van der Waals surface area contributed by atoms with E-state index in [0.717, 1.165) is 25.1 Å². The fraction of sp³-hybridized carbons (Fsp3) is 0.661. The molecule has 1 aromatic carbocycles. The highest BCUT2D eigenvalue weighted by atomic mass is 16.6. The van der Waals surface area contributed by atoms with E-state index < -0.39 is 189 Å². The van der Waals surface area contributed by atoms with Crippen molar-refractivity contribution in [2.45, 2.75) is 200 Å². The van der Waals surface area contributed by atoms with Gasteiger partial charge in [0.1, 0.15) is 66.1 Å². The smallest absolute Gasteiger partial charge is 0.299 e. The molecule has 12 amide bonds. The van der Waals surface area contributed by atoms with Gasteiger partial charge in [0.15, 0.2) is 17.9 Å². The van der Waals surface area contributed by atoms with Crippen LogP contribution in [0.3, 0.4) is 0 Å². The van der Waals surface area contributed by atoms with Crippen LogP contribution in [0, 0.1) is 43.9 Å². The number of guanidine groups is 3. The van der Waals surface area contributed by atoms with Crippen molar-refractivity contribution in [3.63, 3.8) is 0 Å². The topological polar surface area (TPSA) is 701 Å². The van der Waals surface area contributed by atoms with E-state index in [9.17, 15) is 82.9 Å². The van der Waals surface area contributed by atoms with Crippen LogP contribution in [-0.4, -0.2) is 210 Å². The molecule has 0 radical (unpaired) electrons. The molecule has 0 saturated carbocycles. The molecule has 12 atom stereocenters. The minimum atomic E-state index is -1.83. The van der Waals surface area contributed by atoms with Crippen LogP contribution < -0.4 is 110 Å². The number of amides is 12. The first-order chi connectivity index (χ1) is 48.7. The number of hydrogen-bond donors (Lipinski definition) is 21. The Hall–Kier alpha value is -10.8. The summed E-state index contributed by atoms with van der Waals surface area (Å²) in [4.78, 5) is 198. The number of aliphatic hydroxyl groups excluding tert-OH is 1. The summed E-state index contributed by atoms with van der Waals surface area (Å²) >= 11 is 0. The molecule has 0 saturated heterocycles. The first-order valence-electron chi connectivity index (χ1n) is 34.0. The maximum absolute atomic E-state index is 14.8. The lowest BCUT2D eigenvalue weighted by Crippen LogP contribution is -2.63. The monoisotopic (exact) mass is 1480 g/mol. The van der Waals surface area contributed by atoms with Gasteiger partial charge in [-0.05, 0) is 101 Å². The van der Waals surface area contributed by atoms with E-state index in [-0.39, 0.29) is 114 Å². The Morgan fingerprint density at radius 1 is 0.462 bits per heavy atom. The van der Waals surface area contributed by atoms with Crippen LogP contribution in [0.25, 0.3) is 0 Å². The van der Waals surface area contributed by atoms with Crippen molar-refractivity contribution in [2.75, 3.05) is 44.6 Å². The average molecular weight is 1480 g/mol. The number of aliphatic imine (C=N–C) groups is 3. The second-order valence-corrected chi connectivity index (χ2v) is 25.7. The van der Waals surface area contributed by atoms with E-state index in [4.69, 9.17) is 45.9 Å². The van der Waals surface area contributed by atoms with E-state index in [0.29, 0.717) is 6.42 Å². The number of nitro benzene ring substituents is 2. The number of hydrogen-bond acceptors (Lipinski definition) is 22. The third-order valence-electron chi connectivity index (χ3n) is 16.0. The highest BCUT2D eigenvalue weighted by Gasteiger charge is 2.39.